The van der Waals surface area contributed by atoms with Crippen LogP contribution < -0.4 is 14.5 Å². The predicted molar refractivity (Wildman–Crippen MR) is 89.0 cm³/mol. The highest BCUT2D eigenvalue weighted by Gasteiger charge is 2.20. The van der Waals surface area contributed by atoms with Crippen LogP contribution in [-0.4, -0.2) is 26.2 Å². The Kier molecular flexibility index (Phi) is 5.71. The molecule has 118 valence electrons. The Morgan fingerprint density at radius 2 is 1.71 bits per heavy atom. The van der Waals surface area contributed by atoms with Crippen molar-refractivity contribution in [3.63, 3.8) is 0 Å². The maximum absolute atomic E-state index is 12.5. The Bertz CT molecular complexity index is 450. The molecule has 0 aromatic carbocycles. The average molecular weight is 291 g/mol. The molecule has 1 aromatic heterocycles. The highest BCUT2D eigenvalue weighted by molar-refractivity contribution is 5.54. The van der Waals surface area contributed by atoms with Crippen LogP contribution in [0.15, 0.2) is 12.1 Å². The molecule has 1 aliphatic heterocycles. The van der Waals surface area contributed by atoms with E-state index in [2.05, 4.69) is 29.7 Å². The van der Waals surface area contributed by atoms with Gasteiger partial charge in [0, 0.05) is 24.8 Å². The van der Waals surface area contributed by atoms with E-state index in [0.29, 0.717) is 0 Å². The molecular formula is C17H29N3O. The molecule has 0 amide bonds. The number of aromatic nitrogens is 1. The lowest BCUT2D eigenvalue weighted by atomic mass is 10.1. The second-order valence-electron chi connectivity index (χ2n) is 6.04. The Labute approximate surface area is 129 Å². The van der Waals surface area contributed by atoms with Crippen molar-refractivity contribution >= 4 is 11.5 Å². The van der Waals surface area contributed by atoms with Crippen molar-refractivity contribution in [3.05, 3.63) is 23.0 Å². The van der Waals surface area contributed by atoms with Crippen LogP contribution in [0.3, 0.4) is 0 Å². The lowest BCUT2D eigenvalue weighted by Crippen LogP contribution is -2.42. The largest absolute Gasteiger partial charge is 0.710 e. The van der Waals surface area contributed by atoms with Gasteiger partial charge in [-0.2, -0.15) is 0 Å². The van der Waals surface area contributed by atoms with Gasteiger partial charge in [0.25, 0.3) is 5.82 Å². The number of aryl methyl sites for hydroxylation is 1. The van der Waals surface area contributed by atoms with E-state index >= 15 is 0 Å². The van der Waals surface area contributed by atoms with E-state index in [1.165, 1.54) is 24.9 Å². The van der Waals surface area contributed by atoms with E-state index in [4.69, 9.17) is 0 Å². The van der Waals surface area contributed by atoms with Crippen LogP contribution in [0.5, 0.6) is 0 Å². The fourth-order valence-corrected chi connectivity index (χ4v) is 3.12. The fourth-order valence-electron chi connectivity index (χ4n) is 3.12. The summed E-state index contributed by atoms with van der Waals surface area (Å²) in [5, 5.41) is 12.5. The Balaban J connectivity index is 2.32. The zero-order valence-corrected chi connectivity index (χ0v) is 13.8. The summed E-state index contributed by atoms with van der Waals surface area (Å²) in [6.45, 7) is 10.4. The molecule has 0 radical (unpaired) electrons. The molecule has 0 bridgehead atoms. The molecule has 0 saturated carbocycles. The number of nitrogens with zero attached hydrogens (tertiary/aromatic N) is 3. The highest BCUT2D eigenvalue weighted by atomic mass is 16.5. The maximum Gasteiger partial charge on any atom is 0.281 e. The third-order valence-corrected chi connectivity index (χ3v) is 4.19. The van der Waals surface area contributed by atoms with Gasteiger partial charge in [0.05, 0.1) is 19.2 Å². The van der Waals surface area contributed by atoms with Crippen molar-refractivity contribution in [2.45, 2.75) is 52.9 Å². The zero-order chi connectivity index (χ0) is 15.2. The van der Waals surface area contributed by atoms with E-state index in [1.54, 1.807) is 0 Å². The maximum atomic E-state index is 12.5. The normalized spacial score (nSPS) is 15.3. The van der Waals surface area contributed by atoms with Gasteiger partial charge in [-0.25, -0.2) is 4.73 Å². The summed E-state index contributed by atoms with van der Waals surface area (Å²) in [7, 11) is 0. The average Bonchev–Trinajstić information content (AvgIpc) is 2.50. The Morgan fingerprint density at radius 3 is 2.29 bits per heavy atom. The molecule has 1 aromatic rings. The van der Waals surface area contributed by atoms with Gasteiger partial charge in [0.1, 0.15) is 5.69 Å². The molecule has 0 N–H and O–H groups in total. The first kappa shape index (κ1) is 15.9. The molecule has 21 heavy (non-hydrogen) atoms. The number of piperidine rings is 1. The molecule has 2 heterocycles. The second kappa shape index (κ2) is 7.53. The minimum absolute atomic E-state index is 0.797. The fraction of sp³-hybridized carbons (Fsp3) is 0.706. The minimum Gasteiger partial charge on any atom is -0.710 e. The second-order valence-corrected chi connectivity index (χ2v) is 6.04. The van der Waals surface area contributed by atoms with Gasteiger partial charge >= 0.3 is 0 Å². The third-order valence-electron chi connectivity index (χ3n) is 4.19. The van der Waals surface area contributed by atoms with Gasteiger partial charge in [-0.05, 0) is 39.0 Å². The minimum atomic E-state index is 0.797. The van der Waals surface area contributed by atoms with Crippen molar-refractivity contribution in [1.29, 1.82) is 0 Å². The highest BCUT2D eigenvalue weighted by Crippen LogP contribution is 2.24. The summed E-state index contributed by atoms with van der Waals surface area (Å²) in [5.74, 6) is 0.819. The van der Waals surface area contributed by atoms with Crippen molar-refractivity contribution in [2.75, 3.05) is 36.0 Å². The van der Waals surface area contributed by atoms with Crippen LogP contribution in [0.25, 0.3) is 0 Å². The van der Waals surface area contributed by atoms with Crippen molar-refractivity contribution < 1.29 is 4.73 Å². The van der Waals surface area contributed by atoms with E-state index in [-0.39, 0.29) is 0 Å². The van der Waals surface area contributed by atoms with Crippen LogP contribution >= 0.6 is 0 Å². The van der Waals surface area contributed by atoms with Crippen LogP contribution in [0.2, 0.25) is 0 Å². The van der Waals surface area contributed by atoms with Crippen molar-refractivity contribution in [3.8, 4) is 0 Å². The van der Waals surface area contributed by atoms with Gasteiger partial charge < -0.3 is 10.1 Å². The number of anilines is 2. The molecule has 0 aliphatic carbocycles. The van der Waals surface area contributed by atoms with Gasteiger partial charge in [-0.15, -0.1) is 0 Å². The molecular weight excluding hydrogens is 262 g/mol. The first-order valence-electron chi connectivity index (χ1n) is 8.41. The summed E-state index contributed by atoms with van der Waals surface area (Å²) >= 11 is 0. The molecule has 4 heteroatoms. The van der Waals surface area contributed by atoms with Crippen LogP contribution in [0.4, 0.5) is 11.5 Å². The Hall–Kier alpha value is -1.45. The topological polar surface area (TPSA) is 33.4 Å². The van der Waals surface area contributed by atoms with Crippen LogP contribution in [0, 0.1) is 12.1 Å². The molecule has 0 atom stereocenters. The summed E-state index contributed by atoms with van der Waals surface area (Å²) < 4.78 is 1.10. The molecule has 2 rings (SSSR count). The van der Waals surface area contributed by atoms with Crippen molar-refractivity contribution in [1.82, 2.24) is 0 Å². The quantitative estimate of drug-likeness (QED) is 0.596. The lowest BCUT2D eigenvalue weighted by molar-refractivity contribution is -0.599. The molecule has 0 spiro atoms. The first-order valence-corrected chi connectivity index (χ1v) is 8.41. The third kappa shape index (κ3) is 3.80. The van der Waals surface area contributed by atoms with Crippen LogP contribution in [0.1, 0.15) is 51.6 Å². The predicted octanol–water partition coefficient (Wildman–Crippen LogP) is 3.25. The van der Waals surface area contributed by atoms with E-state index in [1.807, 2.05) is 13.0 Å². The SMILES string of the molecule is CCCN(CCC)c1cc(N2CCCCC2)cc(C)[n+]1[O-]. The van der Waals surface area contributed by atoms with Crippen LogP contribution in [-0.2, 0) is 0 Å². The molecule has 1 saturated heterocycles. The lowest BCUT2D eigenvalue weighted by Gasteiger charge is -2.30. The summed E-state index contributed by atoms with van der Waals surface area (Å²) in [6.07, 6.45) is 5.97. The van der Waals surface area contributed by atoms with E-state index < -0.39 is 0 Å². The number of pyridine rings is 1. The van der Waals surface area contributed by atoms with Gasteiger partial charge in [-0.1, -0.05) is 13.8 Å². The first-order chi connectivity index (χ1) is 10.2. The zero-order valence-electron chi connectivity index (χ0n) is 13.8. The standard InChI is InChI=1S/C17H29N3O/c1-4-9-19(10-5-2)17-14-16(13-15(3)20(17)21)18-11-7-6-8-12-18/h13-14H,4-12H2,1-3H3. The molecule has 1 aliphatic rings. The van der Waals surface area contributed by atoms with Gasteiger partial charge in [-0.3, -0.25) is 4.90 Å². The number of hydrogen-bond acceptors (Lipinski definition) is 3. The van der Waals surface area contributed by atoms with Gasteiger partial charge in [0.15, 0.2) is 0 Å². The smallest absolute Gasteiger partial charge is 0.281 e. The number of rotatable bonds is 6. The summed E-state index contributed by atoms with van der Waals surface area (Å²) in [6, 6.07) is 4.13. The molecule has 0 unspecified atom stereocenters. The number of hydrogen-bond donors (Lipinski definition) is 0. The molecule has 4 nitrogen and oxygen atoms in total. The summed E-state index contributed by atoms with van der Waals surface area (Å²) in [4.78, 5) is 4.66. The monoisotopic (exact) mass is 291 g/mol. The van der Waals surface area contributed by atoms with E-state index in [0.717, 1.165) is 55.3 Å². The van der Waals surface area contributed by atoms with E-state index in [9.17, 15) is 5.21 Å². The summed E-state index contributed by atoms with van der Waals surface area (Å²) in [5.41, 5.74) is 2.01. The Morgan fingerprint density at radius 1 is 1.10 bits per heavy atom. The van der Waals surface area contributed by atoms with Crippen molar-refractivity contribution in [2.24, 2.45) is 0 Å². The van der Waals surface area contributed by atoms with Gasteiger partial charge in [0.2, 0.25) is 0 Å². The molecule has 1 fully saturated rings.